The van der Waals surface area contributed by atoms with Crippen LogP contribution in [-0.2, 0) is 25.7 Å². The molecule has 154 valence electrons. The van der Waals surface area contributed by atoms with Gasteiger partial charge in [-0.3, -0.25) is 14.4 Å². The molecule has 1 aromatic rings. The van der Waals surface area contributed by atoms with Gasteiger partial charge in [0.1, 0.15) is 12.6 Å². The van der Waals surface area contributed by atoms with Gasteiger partial charge in [0, 0.05) is 39.2 Å². The second-order valence-electron chi connectivity index (χ2n) is 7.58. The Kier molecular flexibility index (Phi) is 7.84. The lowest BCUT2D eigenvalue weighted by Crippen LogP contribution is -2.46. The van der Waals surface area contributed by atoms with Crippen LogP contribution < -0.4 is 10.6 Å². The average Bonchev–Trinajstić information content (AvgIpc) is 3.00. The van der Waals surface area contributed by atoms with Crippen molar-refractivity contribution in [3.8, 4) is 0 Å². The second-order valence-corrected chi connectivity index (χ2v) is 7.58. The zero-order valence-electron chi connectivity index (χ0n) is 17.0. The molecule has 2 atom stereocenters. The van der Waals surface area contributed by atoms with Crippen LogP contribution in [0.3, 0.4) is 0 Å². The minimum atomic E-state index is -0.749. The fourth-order valence-corrected chi connectivity index (χ4v) is 3.54. The molecule has 1 aliphatic heterocycles. The summed E-state index contributed by atoms with van der Waals surface area (Å²) in [6, 6.07) is 6.98. The molecule has 2 N–H and O–H groups in total. The van der Waals surface area contributed by atoms with Crippen LogP contribution in [0.25, 0.3) is 0 Å². The molecule has 1 heterocycles. The summed E-state index contributed by atoms with van der Waals surface area (Å²) in [6.07, 6.45) is 2.63. The zero-order valence-corrected chi connectivity index (χ0v) is 17.0. The van der Waals surface area contributed by atoms with Crippen LogP contribution in [0, 0.1) is 5.92 Å². The molecule has 1 fully saturated rings. The van der Waals surface area contributed by atoms with Crippen LogP contribution in [0.5, 0.6) is 0 Å². The Morgan fingerprint density at radius 1 is 1.29 bits per heavy atom. The van der Waals surface area contributed by atoms with E-state index in [1.54, 1.807) is 0 Å². The van der Waals surface area contributed by atoms with Crippen molar-refractivity contribution in [2.75, 3.05) is 25.5 Å². The lowest BCUT2D eigenvalue weighted by atomic mass is 10.0. The normalized spacial score (nSPS) is 17.5. The molecule has 0 bridgehead atoms. The summed E-state index contributed by atoms with van der Waals surface area (Å²) in [6.45, 7) is 2.78. The molecule has 7 heteroatoms. The summed E-state index contributed by atoms with van der Waals surface area (Å²) in [7, 11) is 3.92. The van der Waals surface area contributed by atoms with E-state index in [2.05, 4.69) is 6.92 Å². The van der Waals surface area contributed by atoms with Crippen LogP contribution in [0.2, 0.25) is 0 Å². The number of likely N-dealkylation sites (tertiary alicyclic amines) is 1. The third-order valence-electron chi connectivity index (χ3n) is 5.11. The number of rotatable bonds is 10. The molecule has 0 aliphatic carbocycles. The maximum atomic E-state index is 12.2. The van der Waals surface area contributed by atoms with Gasteiger partial charge in [-0.05, 0) is 36.5 Å². The van der Waals surface area contributed by atoms with Gasteiger partial charge < -0.3 is 20.3 Å². The summed E-state index contributed by atoms with van der Waals surface area (Å²) in [5.41, 5.74) is 7.46. The molecular weight excluding hydrogens is 358 g/mol. The number of benzene rings is 1. The van der Waals surface area contributed by atoms with Crippen LogP contribution in [-0.4, -0.2) is 49.4 Å². The van der Waals surface area contributed by atoms with E-state index >= 15 is 0 Å². The Balaban J connectivity index is 1.83. The Hall–Kier alpha value is -2.57. The molecule has 0 radical (unpaired) electrons. The number of hydrogen-bond acceptors (Lipinski definition) is 5. The largest absolute Gasteiger partial charge is 0.461 e. The first-order valence-electron chi connectivity index (χ1n) is 9.82. The number of amides is 2. The molecule has 28 heavy (non-hydrogen) atoms. The highest BCUT2D eigenvalue weighted by molar-refractivity contribution is 5.88. The minimum absolute atomic E-state index is 0.0472. The van der Waals surface area contributed by atoms with Gasteiger partial charge in [-0.25, -0.2) is 0 Å². The second kappa shape index (κ2) is 10.1. The van der Waals surface area contributed by atoms with Gasteiger partial charge in [0.2, 0.25) is 11.8 Å². The van der Waals surface area contributed by atoms with Crippen LogP contribution >= 0.6 is 0 Å². The SMILES string of the molecule is CCCC1CC(=O)N(C(CCC(=O)OCc2ccc(N(C)C)cc2)C(N)=O)C1. The first-order chi connectivity index (χ1) is 13.3. The first kappa shape index (κ1) is 21.7. The molecule has 0 spiro atoms. The van der Waals surface area contributed by atoms with E-state index in [9.17, 15) is 14.4 Å². The third-order valence-corrected chi connectivity index (χ3v) is 5.11. The minimum Gasteiger partial charge on any atom is -0.461 e. The van der Waals surface area contributed by atoms with Crippen molar-refractivity contribution in [1.29, 1.82) is 0 Å². The van der Waals surface area contributed by atoms with E-state index in [0.717, 1.165) is 24.1 Å². The van der Waals surface area contributed by atoms with E-state index in [-0.39, 0.29) is 31.3 Å². The van der Waals surface area contributed by atoms with Crippen molar-refractivity contribution in [1.82, 2.24) is 4.90 Å². The molecule has 2 rings (SSSR count). The molecule has 1 aliphatic rings. The highest BCUT2D eigenvalue weighted by Gasteiger charge is 2.36. The van der Waals surface area contributed by atoms with Gasteiger partial charge in [-0.1, -0.05) is 25.5 Å². The summed E-state index contributed by atoms with van der Waals surface area (Å²) < 4.78 is 5.30. The Bertz CT molecular complexity index is 687. The Morgan fingerprint density at radius 2 is 1.96 bits per heavy atom. The van der Waals surface area contributed by atoms with Crippen molar-refractivity contribution >= 4 is 23.5 Å². The number of esters is 1. The summed E-state index contributed by atoms with van der Waals surface area (Å²) >= 11 is 0. The van der Waals surface area contributed by atoms with Crippen molar-refractivity contribution in [3.63, 3.8) is 0 Å². The lowest BCUT2D eigenvalue weighted by molar-refractivity contribution is -0.146. The van der Waals surface area contributed by atoms with Gasteiger partial charge in [0.25, 0.3) is 0 Å². The number of anilines is 1. The smallest absolute Gasteiger partial charge is 0.306 e. The van der Waals surface area contributed by atoms with E-state index in [4.69, 9.17) is 10.5 Å². The monoisotopic (exact) mass is 389 g/mol. The molecule has 7 nitrogen and oxygen atoms in total. The topological polar surface area (TPSA) is 92.9 Å². The molecule has 1 aromatic carbocycles. The van der Waals surface area contributed by atoms with Crippen molar-refractivity contribution < 1.29 is 19.1 Å². The predicted molar refractivity (Wildman–Crippen MR) is 108 cm³/mol. The van der Waals surface area contributed by atoms with Crippen molar-refractivity contribution in [2.45, 2.75) is 51.7 Å². The van der Waals surface area contributed by atoms with Crippen LogP contribution in [0.1, 0.15) is 44.6 Å². The third kappa shape index (κ3) is 5.97. The number of primary amides is 1. The maximum absolute atomic E-state index is 12.2. The summed E-state index contributed by atoms with van der Waals surface area (Å²) in [5, 5.41) is 0. The number of nitrogens with two attached hydrogens (primary N) is 1. The fraction of sp³-hybridized carbons (Fsp3) is 0.571. The van der Waals surface area contributed by atoms with E-state index in [1.807, 2.05) is 43.3 Å². The van der Waals surface area contributed by atoms with Crippen molar-refractivity contribution in [2.24, 2.45) is 11.7 Å². The van der Waals surface area contributed by atoms with Crippen LogP contribution in [0.4, 0.5) is 5.69 Å². The number of carbonyl (C=O) groups excluding carboxylic acids is 3. The van der Waals surface area contributed by atoms with Gasteiger partial charge in [0.15, 0.2) is 0 Å². The van der Waals surface area contributed by atoms with Gasteiger partial charge in [-0.2, -0.15) is 0 Å². The standard InChI is InChI=1S/C21H31N3O4/c1-4-5-16-12-19(25)24(13-16)18(21(22)27)10-11-20(26)28-14-15-6-8-17(9-7-15)23(2)3/h6-9,16,18H,4-5,10-14H2,1-3H3,(H2,22,27). The molecule has 1 saturated heterocycles. The maximum Gasteiger partial charge on any atom is 0.306 e. The van der Waals surface area contributed by atoms with Gasteiger partial charge in [-0.15, -0.1) is 0 Å². The quantitative estimate of drug-likeness (QED) is 0.619. The van der Waals surface area contributed by atoms with E-state index in [0.29, 0.717) is 13.0 Å². The Morgan fingerprint density at radius 3 is 2.54 bits per heavy atom. The number of carbonyl (C=O) groups is 3. The zero-order chi connectivity index (χ0) is 20.7. The predicted octanol–water partition coefficient (Wildman–Crippen LogP) is 2.08. The van der Waals surface area contributed by atoms with Crippen molar-refractivity contribution in [3.05, 3.63) is 29.8 Å². The molecule has 2 amide bonds. The highest BCUT2D eigenvalue weighted by Crippen LogP contribution is 2.25. The molecule has 2 unspecified atom stereocenters. The molecule has 0 saturated carbocycles. The number of nitrogens with zero attached hydrogens (tertiary/aromatic N) is 2. The highest BCUT2D eigenvalue weighted by atomic mass is 16.5. The summed E-state index contributed by atoms with van der Waals surface area (Å²) in [5.74, 6) is -0.773. The molecule has 0 aromatic heterocycles. The van der Waals surface area contributed by atoms with Crippen LogP contribution in [0.15, 0.2) is 24.3 Å². The number of hydrogen-bond donors (Lipinski definition) is 1. The average molecular weight is 389 g/mol. The Labute approximate surface area is 166 Å². The summed E-state index contributed by atoms with van der Waals surface area (Å²) in [4.78, 5) is 39.7. The van der Waals surface area contributed by atoms with E-state index < -0.39 is 17.9 Å². The van der Waals surface area contributed by atoms with E-state index in [1.165, 1.54) is 4.90 Å². The van der Waals surface area contributed by atoms with Gasteiger partial charge >= 0.3 is 5.97 Å². The lowest BCUT2D eigenvalue weighted by Gasteiger charge is -2.25. The fourth-order valence-electron chi connectivity index (χ4n) is 3.54. The first-order valence-corrected chi connectivity index (χ1v) is 9.82. The van der Waals surface area contributed by atoms with Gasteiger partial charge in [0.05, 0.1) is 0 Å². The number of ether oxygens (including phenoxy) is 1. The molecular formula is C21H31N3O4.